The number of sulfonamides is 1. The van der Waals surface area contributed by atoms with Crippen LogP contribution in [0.4, 0.5) is 5.69 Å². The van der Waals surface area contributed by atoms with Crippen LogP contribution in [0.25, 0.3) is 0 Å². The maximum atomic E-state index is 14.1. The zero-order chi connectivity index (χ0) is 30.7. The number of methoxy groups -OCH3 is 2. The summed E-state index contributed by atoms with van der Waals surface area (Å²) in [4.78, 5) is 28.8. The molecule has 0 aliphatic heterocycles. The zero-order valence-corrected chi connectivity index (χ0v) is 25.8. The van der Waals surface area contributed by atoms with Crippen LogP contribution in [0.15, 0.2) is 77.7 Å². The van der Waals surface area contributed by atoms with Crippen molar-refractivity contribution in [1.29, 1.82) is 0 Å². The van der Waals surface area contributed by atoms with Gasteiger partial charge in [0.2, 0.25) is 11.8 Å². The molecule has 0 unspecified atom stereocenters. The van der Waals surface area contributed by atoms with Gasteiger partial charge in [0.15, 0.2) is 11.5 Å². The van der Waals surface area contributed by atoms with Crippen molar-refractivity contribution in [3.63, 3.8) is 0 Å². The molecule has 1 N–H and O–H groups in total. The molecule has 1 atom stereocenters. The number of anilines is 1. The van der Waals surface area contributed by atoms with Crippen LogP contribution in [0.5, 0.6) is 11.5 Å². The summed E-state index contributed by atoms with van der Waals surface area (Å²) in [6, 6.07) is 19.8. The molecule has 2 amide bonds. The highest BCUT2D eigenvalue weighted by atomic mass is 32.2. The minimum atomic E-state index is -4.25. The number of ether oxygens (including phenoxy) is 2. The minimum Gasteiger partial charge on any atom is -0.493 e. The Bertz CT molecular complexity index is 1430. The van der Waals surface area contributed by atoms with Crippen molar-refractivity contribution in [1.82, 2.24) is 10.2 Å². The number of nitrogens with one attached hydrogen (secondary N) is 1. The summed E-state index contributed by atoms with van der Waals surface area (Å²) < 4.78 is 40.0. The lowest BCUT2D eigenvalue weighted by Gasteiger charge is -2.33. The van der Waals surface area contributed by atoms with Gasteiger partial charge in [-0.2, -0.15) is 0 Å². The van der Waals surface area contributed by atoms with E-state index in [9.17, 15) is 18.0 Å². The van der Waals surface area contributed by atoms with Crippen LogP contribution in [0.3, 0.4) is 0 Å². The number of hydrogen-bond acceptors (Lipinski definition) is 6. The first kappa shape index (κ1) is 32.5. The normalized spacial score (nSPS) is 11.8. The zero-order valence-electron chi connectivity index (χ0n) is 25.0. The van der Waals surface area contributed by atoms with Gasteiger partial charge in [-0.15, -0.1) is 0 Å². The van der Waals surface area contributed by atoms with Crippen molar-refractivity contribution in [3.05, 3.63) is 83.9 Å². The van der Waals surface area contributed by atoms with Gasteiger partial charge in [-0.3, -0.25) is 13.9 Å². The number of carbonyl (C=O) groups excluding carboxylic acids is 2. The van der Waals surface area contributed by atoms with Crippen molar-refractivity contribution in [2.75, 3.05) is 31.6 Å². The monoisotopic (exact) mass is 595 g/mol. The number of benzene rings is 3. The lowest BCUT2D eigenvalue weighted by molar-refractivity contribution is -0.140. The standard InChI is InChI=1S/C32H41N3O6S/c1-6-8-20-33-32(37)28(7-2)34(22-25-12-10-9-11-13-25)31(36)23-35(26-16-14-24(3)15-17-26)42(38,39)27-18-19-29(40-4)30(21-27)41-5/h9-19,21,28H,6-8,20,22-23H2,1-5H3,(H,33,37)/t28-/m0/s1. The van der Waals surface area contributed by atoms with Crippen LogP contribution < -0.4 is 19.1 Å². The molecule has 0 aliphatic carbocycles. The molecule has 10 heteroatoms. The number of amides is 2. The third-order valence-electron chi connectivity index (χ3n) is 6.96. The number of carbonyl (C=O) groups is 2. The van der Waals surface area contributed by atoms with E-state index in [2.05, 4.69) is 5.32 Å². The maximum Gasteiger partial charge on any atom is 0.264 e. The fourth-order valence-corrected chi connectivity index (χ4v) is 5.98. The van der Waals surface area contributed by atoms with E-state index in [1.807, 2.05) is 51.1 Å². The van der Waals surface area contributed by atoms with Crippen LogP contribution in [0, 0.1) is 6.92 Å². The van der Waals surface area contributed by atoms with E-state index < -0.39 is 28.5 Å². The molecule has 3 rings (SSSR count). The second-order valence-corrected chi connectivity index (χ2v) is 11.8. The Morgan fingerprint density at radius 1 is 0.905 bits per heavy atom. The predicted molar refractivity (Wildman–Crippen MR) is 164 cm³/mol. The molecule has 0 radical (unpaired) electrons. The molecule has 226 valence electrons. The Balaban J connectivity index is 2.05. The van der Waals surface area contributed by atoms with Crippen molar-refractivity contribution in [2.45, 2.75) is 57.5 Å². The highest BCUT2D eigenvalue weighted by molar-refractivity contribution is 7.92. The number of nitrogens with zero attached hydrogens (tertiary/aromatic N) is 2. The Hall–Kier alpha value is -4.05. The average molecular weight is 596 g/mol. The molecule has 0 saturated carbocycles. The van der Waals surface area contributed by atoms with Gasteiger partial charge in [-0.05, 0) is 49.6 Å². The van der Waals surface area contributed by atoms with E-state index >= 15 is 0 Å². The lowest BCUT2D eigenvalue weighted by Crippen LogP contribution is -2.52. The minimum absolute atomic E-state index is 0.0625. The number of unbranched alkanes of at least 4 members (excludes halogenated alkanes) is 1. The highest BCUT2D eigenvalue weighted by Crippen LogP contribution is 2.32. The Morgan fingerprint density at radius 2 is 1.57 bits per heavy atom. The van der Waals surface area contributed by atoms with E-state index in [4.69, 9.17) is 9.47 Å². The molecule has 9 nitrogen and oxygen atoms in total. The SMILES string of the molecule is CCCCNC(=O)[C@H](CC)N(Cc1ccccc1)C(=O)CN(c1ccc(C)cc1)S(=O)(=O)c1ccc(OC)c(OC)c1. The second-order valence-electron chi connectivity index (χ2n) is 9.94. The smallest absolute Gasteiger partial charge is 0.264 e. The topological polar surface area (TPSA) is 105 Å². The first-order valence-corrected chi connectivity index (χ1v) is 15.5. The van der Waals surface area contributed by atoms with Gasteiger partial charge in [0.05, 0.1) is 24.8 Å². The molecule has 3 aromatic rings. The van der Waals surface area contributed by atoms with E-state index in [1.54, 1.807) is 24.3 Å². The van der Waals surface area contributed by atoms with Gasteiger partial charge in [-0.1, -0.05) is 68.3 Å². The fraction of sp³-hybridized carbons (Fsp3) is 0.375. The van der Waals surface area contributed by atoms with Crippen molar-refractivity contribution in [2.24, 2.45) is 0 Å². The van der Waals surface area contributed by atoms with Crippen LogP contribution in [0.1, 0.15) is 44.2 Å². The van der Waals surface area contributed by atoms with Gasteiger partial charge in [0.25, 0.3) is 10.0 Å². The van der Waals surface area contributed by atoms with Gasteiger partial charge >= 0.3 is 0 Å². The van der Waals surface area contributed by atoms with Crippen LogP contribution >= 0.6 is 0 Å². The van der Waals surface area contributed by atoms with Crippen LogP contribution in [-0.2, 0) is 26.2 Å². The van der Waals surface area contributed by atoms with E-state index in [0.717, 1.165) is 28.3 Å². The van der Waals surface area contributed by atoms with Gasteiger partial charge in [0, 0.05) is 19.2 Å². The summed E-state index contributed by atoms with van der Waals surface area (Å²) in [5, 5.41) is 2.94. The van der Waals surface area contributed by atoms with E-state index in [1.165, 1.54) is 37.3 Å². The highest BCUT2D eigenvalue weighted by Gasteiger charge is 2.34. The molecule has 0 spiro atoms. The fourth-order valence-electron chi connectivity index (χ4n) is 4.55. The quantitative estimate of drug-likeness (QED) is 0.250. The first-order valence-electron chi connectivity index (χ1n) is 14.1. The molecule has 0 fully saturated rings. The molecule has 3 aromatic carbocycles. The van der Waals surface area contributed by atoms with Crippen LogP contribution in [0.2, 0.25) is 0 Å². The van der Waals surface area contributed by atoms with Gasteiger partial charge < -0.3 is 19.7 Å². The molecule has 0 aromatic heterocycles. The Labute approximate surface area is 249 Å². The summed E-state index contributed by atoms with van der Waals surface area (Å²) in [6.45, 7) is 5.92. The van der Waals surface area contributed by atoms with E-state index in [0.29, 0.717) is 24.4 Å². The number of hydrogen-bond donors (Lipinski definition) is 1. The molecule has 0 aliphatic rings. The number of aryl methyl sites for hydroxylation is 1. The summed E-state index contributed by atoms with van der Waals surface area (Å²) in [7, 11) is -1.36. The van der Waals surface area contributed by atoms with Gasteiger partial charge in [0.1, 0.15) is 12.6 Å². The summed E-state index contributed by atoms with van der Waals surface area (Å²) in [5.74, 6) is -0.140. The van der Waals surface area contributed by atoms with E-state index in [-0.39, 0.29) is 23.1 Å². The van der Waals surface area contributed by atoms with Crippen molar-refractivity contribution in [3.8, 4) is 11.5 Å². The molecule has 0 heterocycles. The van der Waals surface area contributed by atoms with Crippen molar-refractivity contribution >= 4 is 27.5 Å². The molecule has 0 bridgehead atoms. The maximum absolute atomic E-state index is 14.1. The molecule has 42 heavy (non-hydrogen) atoms. The van der Waals surface area contributed by atoms with Crippen LogP contribution in [-0.4, -0.2) is 58.5 Å². The number of rotatable bonds is 15. The Morgan fingerprint density at radius 3 is 2.17 bits per heavy atom. The largest absolute Gasteiger partial charge is 0.493 e. The molecular weight excluding hydrogens is 554 g/mol. The molecular formula is C32H41N3O6S. The Kier molecular flexibility index (Phi) is 11.8. The molecule has 0 saturated heterocycles. The van der Waals surface area contributed by atoms with Gasteiger partial charge in [-0.25, -0.2) is 8.42 Å². The third kappa shape index (κ3) is 8.03. The van der Waals surface area contributed by atoms with Crippen molar-refractivity contribution < 1.29 is 27.5 Å². The summed E-state index contributed by atoms with van der Waals surface area (Å²) >= 11 is 0. The second kappa shape index (κ2) is 15.3. The summed E-state index contributed by atoms with van der Waals surface area (Å²) in [5.41, 5.74) is 2.09. The third-order valence-corrected chi connectivity index (χ3v) is 8.72. The first-order chi connectivity index (χ1) is 20.2. The average Bonchev–Trinajstić information content (AvgIpc) is 3.00. The predicted octanol–water partition coefficient (Wildman–Crippen LogP) is 4.93. The lowest BCUT2D eigenvalue weighted by atomic mass is 10.1. The summed E-state index contributed by atoms with van der Waals surface area (Å²) in [6.07, 6.45) is 2.10.